The third kappa shape index (κ3) is 3.55. The largest absolute Gasteiger partial charge is 0.397 e. The van der Waals surface area contributed by atoms with Crippen LogP contribution in [0.5, 0.6) is 0 Å². The Morgan fingerprint density at radius 3 is 1.72 bits per heavy atom. The van der Waals surface area contributed by atoms with Crippen LogP contribution >= 0.6 is 0 Å². The molecule has 0 atom stereocenters. The van der Waals surface area contributed by atoms with Crippen LogP contribution in [0, 0.1) is 0 Å². The summed E-state index contributed by atoms with van der Waals surface area (Å²) in [5, 5.41) is 8.60. The van der Waals surface area contributed by atoms with Gasteiger partial charge in [-0.3, -0.25) is 0 Å². The van der Waals surface area contributed by atoms with E-state index in [-0.39, 0.29) is 0 Å². The van der Waals surface area contributed by atoms with Crippen molar-refractivity contribution in [3.05, 3.63) is 186 Å². The molecule has 2 aliphatic rings. The van der Waals surface area contributed by atoms with E-state index in [1.54, 1.807) is 0 Å². The van der Waals surface area contributed by atoms with Gasteiger partial charge in [-0.05, 0) is 108 Å². The van der Waals surface area contributed by atoms with Crippen LogP contribution in [-0.4, -0.2) is 0 Å². The maximum Gasteiger partial charge on any atom is 0.0737 e. The Bertz CT molecular complexity index is 2510. The molecular weight excluding hydrogens is 569 g/mol. The van der Waals surface area contributed by atoms with Crippen molar-refractivity contribution in [2.75, 3.05) is 11.1 Å². The van der Waals surface area contributed by atoms with Crippen molar-refractivity contribution >= 4 is 38.6 Å². The number of para-hydroxylation sites is 2. The summed E-state index contributed by atoms with van der Waals surface area (Å²) in [5.74, 6) is 0. The summed E-state index contributed by atoms with van der Waals surface area (Å²) in [6, 6.07) is 59.8. The van der Waals surface area contributed by atoms with Crippen molar-refractivity contribution in [3.63, 3.8) is 0 Å². The van der Waals surface area contributed by atoms with Gasteiger partial charge in [0.25, 0.3) is 0 Å². The second-order valence-corrected chi connectivity index (χ2v) is 12.8. The van der Waals surface area contributed by atoms with Crippen LogP contribution in [-0.2, 0) is 5.41 Å². The fraction of sp³-hybridized carbons (Fsp3) is 0.0222. The van der Waals surface area contributed by atoms with Crippen molar-refractivity contribution in [3.8, 4) is 33.4 Å². The lowest BCUT2D eigenvalue weighted by atomic mass is 9.68. The normalized spacial score (nSPS) is 13.4. The zero-order valence-corrected chi connectivity index (χ0v) is 25.7. The molecule has 0 heterocycles. The highest BCUT2D eigenvalue weighted by Crippen LogP contribution is 2.65. The highest BCUT2D eigenvalue weighted by atomic mass is 14.9. The van der Waals surface area contributed by atoms with Crippen molar-refractivity contribution in [2.45, 2.75) is 5.41 Å². The number of rotatable bonds is 3. The van der Waals surface area contributed by atoms with Gasteiger partial charge in [0.2, 0.25) is 0 Å². The van der Waals surface area contributed by atoms with Gasteiger partial charge in [-0.2, -0.15) is 0 Å². The number of hydrogen-bond acceptors (Lipinski definition) is 2. The van der Waals surface area contributed by atoms with E-state index in [2.05, 4.69) is 145 Å². The maximum atomic E-state index is 6.17. The molecule has 1 spiro atoms. The Kier molecular flexibility index (Phi) is 5.39. The van der Waals surface area contributed by atoms with Gasteiger partial charge in [0.1, 0.15) is 0 Å². The second kappa shape index (κ2) is 9.69. The van der Waals surface area contributed by atoms with Crippen LogP contribution < -0.4 is 11.1 Å². The van der Waals surface area contributed by atoms with E-state index in [1.165, 1.54) is 77.2 Å². The first-order chi connectivity index (χ1) is 23.2. The van der Waals surface area contributed by atoms with Crippen molar-refractivity contribution in [2.24, 2.45) is 0 Å². The van der Waals surface area contributed by atoms with Crippen LogP contribution in [0.15, 0.2) is 164 Å². The first-order valence-electron chi connectivity index (χ1n) is 16.2. The number of hydrogen-bond donors (Lipinski definition) is 2. The maximum absolute atomic E-state index is 6.17. The predicted molar refractivity (Wildman–Crippen MR) is 197 cm³/mol. The topological polar surface area (TPSA) is 38.0 Å². The molecule has 3 N–H and O–H groups in total. The van der Waals surface area contributed by atoms with E-state index in [4.69, 9.17) is 5.73 Å². The van der Waals surface area contributed by atoms with Crippen LogP contribution in [0.4, 0.5) is 17.1 Å². The van der Waals surface area contributed by atoms with Gasteiger partial charge in [0.05, 0.1) is 16.8 Å². The summed E-state index contributed by atoms with van der Waals surface area (Å²) in [7, 11) is 0. The molecule has 0 radical (unpaired) electrons. The molecule has 8 aromatic carbocycles. The van der Waals surface area contributed by atoms with Gasteiger partial charge in [0, 0.05) is 5.69 Å². The molecule has 0 unspecified atom stereocenters. The number of benzene rings is 8. The van der Waals surface area contributed by atoms with E-state index >= 15 is 0 Å². The third-order valence-electron chi connectivity index (χ3n) is 10.4. The van der Waals surface area contributed by atoms with Crippen LogP contribution in [0.1, 0.15) is 22.3 Å². The van der Waals surface area contributed by atoms with E-state index in [0.717, 1.165) is 17.1 Å². The van der Waals surface area contributed by atoms with Crippen molar-refractivity contribution < 1.29 is 0 Å². The molecule has 0 aliphatic heterocycles. The molecule has 0 aromatic heterocycles. The summed E-state index contributed by atoms with van der Waals surface area (Å²) in [5.41, 5.74) is 21.7. The lowest BCUT2D eigenvalue weighted by molar-refractivity contribution is 0.809. The molecule has 220 valence electrons. The van der Waals surface area contributed by atoms with Gasteiger partial charge in [-0.15, -0.1) is 0 Å². The van der Waals surface area contributed by atoms with E-state index in [9.17, 15) is 0 Å². The summed E-state index contributed by atoms with van der Waals surface area (Å²) < 4.78 is 0. The number of nitrogens with one attached hydrogen (secondary N) is 1. The standard InChI is InChI=1S/C45H30N2/c46-41-15-7-8-16-42(41)47-32-22-17-28(18-23-32)30-20-24-34-31(27-30)21-26-38-37-25-19-29-9-1-2-10-33(29)43(37)45(44(34)38)39-13-5-3-11-35(39)36-12-4-6-14-40(36)45/h1-27,47H,46H2. The SMILES string of the molecule is Nc1ccccc1Nc1ccc(-c2ccc3c4c(ccc3c2)-c2ccc3ccccc3c2C42c3ccccc3-c3ccccc32)cc1. The smallest absolute Gasteiger partial charge is 0.0737 e. The first kappa shape index (κ1) is 26.1. The molecular formula is C45H30N2. The van der Waals surface area contributed by atoms with Crippen molar-refractivity contribution in [1.29, 1.82) is 0 Å². The Hall–Kier alpha value is -6.12. The fourth-order valence-electron chi connectivity index (χ4n) is 8.45. The van der Waals surface area contributed by atoms with Crippen LogP contribution in [0.2, 0.25) is 0 Å². The van der Waals surface area contributed by atoms with Gasteiger partial charge in [-0.1, -0.05) is 133 Å². The molecule has 0 saturated heterocycles. The molecule has 8 aromatic rings. The Balaban J connectivity index is 1.19. The monoisotopic (exact) mass is 598 g/mol. The number of fused-ring (bicyclic) bond motifs is 14. The Labute approximate surface area is 273 Å². The molecule has 47 heavy (non-hydrogen) atoms. The number of nitrogens with two attached hydrogens (primary N) is 1. The minimum atomic E-state index is -0.410. The highest BCUT2D eigenvalue weighted by molar-refractivity contribution is 6.09. The van der Waals surface area contributed by atoms with Crippen LogP contribution in [0.3, 0.4) is 0 Å². The van der Waals surface area contributed by atoms with E-state index in [1.807, 2.05) is 24.3 Å². The van der Waals surface area contributed by atoms with E-state index < -0.39 is 5.41 Å². The molecule has 0 saturated carbocycles. The van der Waals surface area contributed by atoms with Gasteiger partial charge in [0.15, 0.2) is 0 Å². The van der Waals surface area contributed by atoms with Crippen LogP contribution in [0.25, 0.3) is 54.9 Å². The Morgan fingerprint density at radius 2 is 1.00 bits per heavy atom. The summed E-state index contributed by atoms with van der Waals surface area (Å²) in [6.45, 7) is 0. The van der Waals surface area contributed by atoms with Gasteiger partial charge < -0.3 is 11.1 Å². The summed E-state index contributed by atoms with van der Waals surface area (Å²) in [6.07, 6.45) is 0. The minimum Gasteiger partial charge on any atom is -0.397 e. The Morgan fingerprint density at radius 1 is 0.426 bits per heavy atom. The second-order valence-electron chi connectivity index (χ2n) is 12.8. The predicted octanol–water partition coefficient (Wildman–Crippen LogP) is 11.3. The number of anilines is 3. The lowest BCUT2D eigenvalue weighted by Gasteiger charge is -2.32. The molecule has 10 rings (SSSR count). The van der Waals surface area contributed by atoms with Gasteiger partial charge >= 0.3 is 0 Å². The molecule has 2 heteroatoms. The van der Waals surface area contributed by atoms with Gasteiger partial charge in [-0.25, -0.2) is 0 Å². The lowest BCUT2D eigenvalue weighted by Crippen LogP contribution is -2.26. The quantitative estimate of drug-likeness (QED) is 0.199. The average molecular weight is 599 g/mol. The van der Waals surface area contributed by atoms with E-state index in [0.29, 0.717) is 0 Å². The molecule has 0 amide bonds. The summed E-state index contributed by atoms with van der Waals surface area (Å²) in [4.78, 5) is 0. The minimum absolute atomic E-state index is 0.410. The summed E-state index contributed by atoms with van der Waals surface area (Å²) >= 11 is 0. The fourth-order valence-corrected chi connectivity index (χ4v) is 8.45. The third-order valence-corrected chi connectivity index (χ3v) is 10.4. The number of nitrogen functional groups attached to an aromatic ring is 1. The molecule has 2 nitrogen and oxygen atoms in total. The first-order valence-corrected chi connectivity index (χ1v) is 16.2. The highest BCUT2D eigenvalue weighted by Gasteiger charge is 2.53. The molecule has 0 fully saturated rings. The molecule has 0 bridgehead atoms. The molecule has 2 aliphatic carbocycles. The zero-order valence-electron chi connectivity index (χ0n) is 25.7. The zero-order chi connectivity index (χ0) is 31.1. The average Bonchev–Trinajstić information content (AvgIpc) is 3.60. The van der Waals surface area contributed by atoms with Crippen molar-refractivity contribution in [1.82, 2.24) is 0 Å².